The van der Waals surface area contributed by atoms with Crippen LogP contribution in [0.1, 0.15) is 30.3 Å². The summed E-state index contributed by atoms with van der Waals surface area (Å²) in [7, 11) is -3.53. The first kappa shape index (κ1) is 18.5. The highest BCUT2D eigenvalue weighted by atomic mass is 32.2. The number of para-hydroxylation sites is 1. The van der Waals surface area contributed by atoms with Gasteiger partial charge in [0.2, 0.25) is 15.9 Å². The third-order valence-corrected chi connectivity index (χ3v) is 8.56. The van der Waals surface area contributed by atoms with Crippen molar-refractivity contribution in [2.45, 2.75) is 29.5 Å². The molecule has 6 nitrogen and oxygen atoms in total. The van der Waals surface area contributed by atoms with Crippen LogP contribution in [0.2, 0.25) is 0 Å². The number of thiophene rings is 1. The third kappa shape index (κ3) is 3.91. The van der Waals surface area contributed by atoms with Crippen molar-refractivity contribution in [2.75, 3.05) is 13.1 Å². The summed E-state index contributed by atoms with van der Waals surface area (Å²) in [6.07, 6.45) is 1.98. The number of thiazole rings is 1. The Bertz CT molecular complexity index is 1010. The second-order valence-corrected chi connectivity index (χ2v) is 10.3. The van der Waals surface area contributed by atoms with Gasteiger partial charge in [0.25, 0.3) is 0 Å². The number of sulfonamides is 1. The van der Waals surface area contributed by atoms with Crippen LogP contribution >= 0.6 is 22.7 Å². The topological polar surface area (TPSA) is 79.4 Å². The van der Waals surface area contributed by atoms with Crippen LogP contribution in [-0.4, -0.2) is 37.3 Å². The molecule has 0 aliphatic carbocycles. The van der Waals surface area contributed by atoms with Crippen molar-refractivity contribution in [3.8, 4) is 0 Å². The average molecular weight is 422 g/mol. The van der Waals surface area contributed by atoms with E-state index in [2.05, 4.69) is 4.72 Å². The number of carbonyl (C=O) groups is 1. The standard InChI is InChI=1S/C18H19N3O3S3/c22-16(9-10-19-27(23,24)17-8-4-12-25-17)21-11-3-6-14(21)18-20-13-5-1-2-7-15(13)26-18/h1-2,4-5,7-8,12,14,19H,3,6,9-11H2/t14-/m1/s1. The fourth-order valence-corrected chi connectivity index (χ4v) is 6.46. The van der Waals surface area contributed by atoms with Crippen molar-refractivity contribution >= 4 is 48.8 Å². The second-order valence-electron chi connectivity index (χ2n) is 6.34. The molecule has 1 saturated heterocycles. The van der Waals surface area contributed by atoms with Gasteiger partial charge in [0.05, 0.1) is 16.3 Å². The number of carbonyl (C=O) groups excluding carboxylic acids is 1. The number of hydrogen-bond acceptors (Lipinski definition) is 6. The molecule has 3 heterocycles. The van der Waals surface area contributed by atoms with Gasteiger partial charge in [-0.25, -0.2) is 18.1 Å². The summed E-state index contributed by atoms with van der Waals surface area (Å²) in [5.74, 6) is -0.0364. The molecule has 4 rings (SSSR count). The van der Waals surface area contributed by atoms with E-state index < -0.39 is 10.0 Å². The molecule has 1 aromatic carbocycles. The van der Waals surface area contributed by atoms with E-state index >= 15 is 0 Å². The van der Waals surface area contributed by atoms with Gasteiger partial charge in [-0.15, -0.1) is 22.7 Å². The Morgan fingerprint density at radius 2 is 2.11 bits per heavy atom. The number of nitrogens with zero attached hydrogens (tertiary/aromatic N) is 2. The van der Waals surface area contributed by atoms with Crippen molar-refractivity contribution in [1.82, 2.24) is 14.6 Å². The van der Waals surface area contributed by atoms with Gasteiger partial charge in [0.15, 0.2) is 0 Å². The third-order valence-electron chi connectivity index (χ3n) is 4.56. The van der Waals surface area contributed by atoms with Crippen LogP contribution in [0, 0.1) is 0 Å². The highest BCUT2D eigenvalue weighted by Crippen LogP contribution is 2.36. The van der Waals surface area contributed by atoms with Gasteiger partial charge >= 0.3 is 0 Å². The van der Waals surface area contributed by atoms with Crippen molar-refractivity contribution in [2.24, 2.45) is 0 Å². The van der Waals surface area contributed by atoms with Crippen molar-refractivity contribution in [3.05, 3.63) is 46.8 Å². The number of fused-ring (bicyclic) bond motifs is 1. The molecule has 1 atom stereocenters. The second kappa shape index (κ2) is 7.67. The van der Waals surface area contributed by atoms with Crippen LogP contribution in [0.3, 0.4) is 0 Å². The number of likely N-dealkylation sites (tertiary alicyclic amines) is 1. The maximum atomic E-state index is 12.7. The summed E-state index contributed by atoms with van der Waals surface area (Å²) in [5, 5.41) is 2.67. The van der Waals surface area contributed by atoms with Crippen LogP contribution in [0.15, 0.2) is 46.0 Å². The Balaban J connectivity index is 1.40. The van der Waals surface area contributed by atoms with E-state index in [1.165, 1.54) is 0 Å². The van der Waals surface area contributed by atoms with Crippen molar-refractivity contribution < 1.29 is 13.2 Å². The average Bonchev–Trinajstić information content (AvgIpc) is 3.40. The molecule has 1 amide bonds. The molecule has 1 aliphatic rings. The zero-order valence-electron chi connectivity index (χ0n) is 14.5. The molecule has 0 unspecified atom stereocenters. The van der Waals surface area contributed by atoms with E-state index in [1.807, 2.05) is 29.2 Å². The lowest BCUT2D eigenvalue weighted by atomic mass is 10.2. The predicted molar refractivity (Wildman–Crippen MR) is 107 cm³/mol. The first-order valence-corrected chi connectivity index (χ1v) is 11.9. The van der Waals surface area contributed by atoms with Crippen LogP contribution in [0.4, 0.5) is 0 Å². The first-order valence-electron chi connectivity index (χ1n) is 8.73. The van der Waals surface area contributed by atoms with Gasteiger partial charge in [-0.2, -0.15) is 0 Å². The van der Waals surface area contributed by atoms with E-state index in [1.54, 1.807) is 28.8 Å². The summed E-state index contributed by atoms with van der Waals surface area (Å²) in [5.41, 5.74) is 0.959. The van der Waals surface area contributed by atoms with Crippen LogP contribution in [-0.2, 0) is 14.8 Å². The van der Waals surface area contributed by atoms with Gasteiger partial charge in [-0.3, -0.25) is 4.79 Å². The van der Waals surface area contributed by atoms with Gasteiger partial charge in [-0.05, 0) is 36.4 Å². The van der Waals surface area contributed by atoms with Gasteiger partial charge in [0.1, 0.15) is 9.22 Å². The van der Waals surface area contributed by atoms with E-state index in [4.69, 9.17) is 4.98 Å². The lowest BCUT2D eigenvalue weighted by Crippen LogP contribution is -2.34. The fraction of sp³-hybridized carbons (Fsp3) is 0.333. The number of hydrogen-bond donors (Lipinski definition) is 1. The Kier molecular flexibility index (Phi) is 5.27. The number of nitrogens with one attached hydrogen (secondary N) is 1. The summed E-state index contributed by atoms with van der Waals surface area (Å²) in [6, 6.07) is 11.2. The van der Waals surface area contributed by atoms with Crippen LogP contribution in [0.5, 0.6) is 0 Å². The van der Waals surface area contributed by atoms with Gasteiger partial charge < -0.3 is 4.90 Å². The molecule has 1 N–H and O–H groups in total. The molecule has 27 heavy (non-hydrogen) atoms. The number of amides is 1. The monoisotopic (exact) mass is 421 g/mol. The largest absolute Gasteiger partial charge is 0.333 e. The molecule has 0 radical (unpaired) electrons. The van der Waals surface area contributed by atoms with Crippen LogP contribution < -0.4 is 4.72 Å². The predicted octanol–water partition coefficient (Wildman–Crippen LogP) is 3.39. The lowest BCUT2D eigenvalue weighted by Gasteiger charge is -2.23. The summed E-state index contributed by atoms with van der Waals surface area (Å²) in [6.45, 7) is 0.791. The molecule has 142 valence electrons. The minimum Gasteiger partial charge on any atom is -0.333 e. The van der Waals surface area contributed by atoms with Crippen molar-refractivity contribution in [1.29, 1.82) is 0 Å². The normalized spacial score (nSPS) is 17.6. The Morgan fingerprint density at radius 1 is 1.26 bits per heavy atom. The highest BCUT2D eigenvalue weighted by molar-refractivity contribution is 7.91. The van der Waals surface area contributed by atoms with E-state index in [9.17, 15) is 13.2 Å². The minimum atomic E-state index is -3.53. The molecule has 2 aromatic heterocycles. The molecule has 0 spiro atoms. The van der Waals surface area contributed by atoms with Gasteiger partial charge in [0, 0.05) is 19.5 Å². The van der Waals surface area contributed by atoms with Crippen LogP contribution in [0.25, 0.3) is 10.2 Å². The number of benzene rings is 1. The molecule has 3 aromatic rings. The molecule has 0 saturated carbocycles. The molecule has 1 aliphatic heterocycles. The molecule has 0 bridgehead atoms. The number of rotatable bonds is 6. The first-order chi connectivity index (χ1) is 13.0. The number of aromatic nitrogens is 1. The van der Waals surface area contributed by atoms with E-state index in [0.717, 1.165) is 39.4 Å². The summed E-state index contributed by atoms with van der Waals surface area (Å²) in [4.78, 5) is 19.2. The fourth-order valence-electron chi connectivity index (χ4n) is 3.28. The van der Waals surface area contributed by atoms with E-state index in [0.29, 0.717) is 6.54 Å². The maximum absolute atomic E-state index is 12.7. The Morgan fingerprint density at radius 3 is 2.89 bits per heavy atom. The molecule has 9 heteroatoms. The van der Waals surface area contributed by atoms with E-state index in [-0.39, 0.29) is 29.1 Å². The maximum Gasteiger partial charge on any atom is 0.250 e. The molecular weight excluding hydrogens is 402 g/mol. The Labute approximate surface area is 165 Å². The zero-order chi connectivity index (χ0) is 18.9. The smallest absolute Gasteiger partial charge is 0.250 e. The van der Waals surface area contributed by atoms with Gasteiger partial charge in [-0.1, -0.05) is 18.2 Å². The zero-order valence-corrected chi connectivity index (χ0v) is 16.9. The minimum absolute atomic E-state index is 0.0104. The lowest BCUT2D eigenvalue weighted by molar-refractivity contribution is -0.131. The Hall–Kier alpha value is -1.81. The molecule has 1 fully saturated rings. The highest BCUT2D eigenvalue weighted by Gasteiger charge is 2.32. The SMILES string of the molecule is O=C(CCNS(=O)(=O)c1cccs1)N1CCC[C@@H]1c1nc2ccccc2s1. The summed E-state index contributed by atoms with van der Waals surface area (Å²) >= 11 is 2.79. The summed E-state index contributed by atoms with van der Waals surface area (Å²) < 4.78 is 28.2. The molecular formula is C18H19N3O3S3. The van der Waals surface area contributed by atoms with Crippen molar-refractivity contribution in [3.63, 3.8) is 0 Å². The quantitative estimate of drug-likeness (QED) is 0.662.